The number of rotatable bonds is 5. The van der Waals surface area contributed by atoms with E-state index in [0.29, 0.717) is 37.0 Å². The van der Waals surface area contributed by atoms with Crippen molar-refractivity contribution in [3.05, 3.63) is 33.0 Å². The number of piperidine rings is 1. The summed E-state index contributed by atoms with van der Waals surface area (Å²) >= 11 is 1.48. The maximum Gasteiger partial charge on any atom is 0.330 e. The molecule has 1 saturated heterocycles. The van der Waals surface area contributed by atoms with Gasteiger partial charge in [0.05, 0.1) is 0 Å². The molecule has 0 radical (unpaired) electrons. The largest absolute Gasteiger partial charge is 0.364 e. The van der Waals surface area contributed by atoms with E-state index in [2.05, 4.69) is 16.9 Å². The minimum absolute atomic E-state index is 0.0504. The van der Waals surface area contributed by atoms with Crippen LogP contribution in [0.4, 0.5) is 0 Å². The number of amides is 2. The second-order valence-corrected chi connectivity index (χ2v) is 8.40. The van der Waals surface area contributed by atoms with Crippen molar-refractivity contribution in [1.82, 2.24) is 24.0 Å². The monoisotopic (exact) mass is 428 g/mol. The average Bonchev–Trinajstić information content (AvgIpc) is 3.35. The van der Waals surface area contributed by atoms with E-state index in [9.17, 15) is 14.4 Å². The number of aromatic nitrogens is 4. The Labute approximate surface area is 177 Å². The van der Waals surface area contributed by atoms with Gasteiger partial charge >= 0.3 is 5.69 Å². The molecule has 0 bridgehead atoms. The van der Waals surface area contributed by atoms with Gasteiger partial charge < -0.3 is 10.6 Å². The second kappa shape index (κ2) is 8.02. The Kier molecular flexibility index (Phi) is 5.42. The van der Waals surface area contributed by atoms with Gasteiger partial charge in [0.15, 0.2) is 17.2 Å². The van der Waals surface area contributed by atoms with Crippen LogP contribution >= 0.6 is 11.3 Å². The van der Waals surface area contributed by atoms with Crippen molar-refractivity contribution in [3.63, 3.8) is 0 Å². The van der Waals surface area contributed by atoms with E-state index in [1.54, 1.807) is 4.90 Å². The Morgan fingerprint density at radius 1 is 1.23 bits per heavy atom. The zero-order valence-electron chi connectivity index (χ0n) is 17.0. The SMILES string of the molecule is CCn1c(=O)n(CC(=O)N2CCC(C)CC2)c2c(C(N)=O)nc(-c3ccsc3)nc21. The lowest BCUT2D eigenvalue weighted by atomic mass is 9.99. The molecule has 4 rings (SSSR count). The van der Waals surface area contributed by atoms with Crippen molar-refractivity contribution in [3.8, 4) is 11.4 Å². The van der Waals surface area contributed by atoms with Crippen LogP contribution in [0.1, 0.15) is 37.2 Å². The number of primary amides is 1. The van der Waals surface area contributed by atoms with E-state index in [1.165, 1.54) is 20.5 Å². The van der Waals surface area contributed by atoms with E-state index in [1.807, 2.05) is 23.8 Å². The quantitative estimate of drug-likeness (QED) is 0.664. The van der Waals surface area contributed by atoms with Crippen molar-refractivity contribution in [2.24, 2.45) is 11.7 Å². The van der Waals surface area contributed by atoms with Gasteiger partial charge in [-0.1, -0.05) is 6.92 Å². The van der Waals surface area contributed by atoms with Crippen LogP contribution in [0.15, 0.2) is 21.6 Å². The van der Waals surface area contributed by atoms with E-state index < -0.39 is 11.6 Å². The fourth-order valence-corrected chi connectivity index (χ4v) is 4.46. The number of imidazole rings is 1. The van der Waals surface area contributed by atoms with Gasteiger partial charge in [-0.05, 0) is 37.1 Å². The molecule has 10 heteroatoms. The molecule has 0 aromatic carbocycles. The highest BCUT2D eigenvalue weighted by atomic mass is 32.1. The summed E-state index contributed by atoms with van der Waals surface area (Å²) in [7, 11) is 0. The highest BCUT2D eigenvalue weighted by Crippen LogP contribution is 2.24. The van der Waals surface area contributed by atoms with Crippen LogP contribution in [-0.4, -0.2) is 48.9 Å². The van der Waals surface area contributed by atoms with Crippen molar-refractivity contribution in [1.29, 1.82) is 0 Å². The second-order valence-electron chi connectivity index (χ2n) is 7.62. The standard InChI is InChI=1S/C20H24N6O3S/c1-3-25-19-16(15(17(21)28)22-18(23-19)13-6-9-30-11-13)26(20(25)29)10-14(27)24-7-4-12(2)5-8-24/h6,9,11-12H,3-5,7-8,10H2,1-2H3,(H2,21,28). The molecule has 3 aromatic rings. The van der Waals surface area contributed by atoms with Crippen LogP contribution in [0.25, 0.3) is 22.6 Å². The fraction of sp³-hybridized carbons (Fsp3) is 0.450. The van der Waals surface area contributed by atoms with E-state index in [-0.39, 0.29) is 23.7 Å². The van der Waals surface area contributed by atoms with Crippen molar-refractivity contribution < 1.29 is 9.59 Å². The number of thiophene rings is 1. The van der Waals surface area contributed by atoms with Gasteiger partial charge in [0, 0.05) is 30.6 Å². The number of nitrogens with two attached hydrogens (primary N) is 1. The highest BCUT2D eigenvalue weighted by molar-refractivity contribution is 7.08. The summed E-state index contributed by atoms with van der Waals surface area (Å²) < 4.78 is 2.74. The molecule has 0 unspecified atom stereocenters. The molecular formula is C20H24N6O3S. The third-order valence-electron chi connectivity index (χ3n) is 5.61. The van der Waals surface area contributed by atoms with Gasteiger partial charge in [0.2, 0.25) is 5.91 Å². The molecule has 1 fully saturated rings. The molecule has 0 spiro atoms. The summed E-state index contributed by atoms with van der Waals surface area (Å²) in [4.78, 5) is 48.9. The van der Waals surface area contributed by atoms with Crippen LogP contribution in [0.2, 0.25) is 0 Å². The number of hydrogen-bond acceptors (Lipinski definition) is 6. The summed E-state index contributed by atoms with van der Waals surface area (Å²) in [6.07, 6.45) is 1.88. The third kappa shape index (κ3) is 3.51. The van der Waals surface area contributed by atoms with Gasteiger partial charge in [-0.2, -0.15) is 11.3 Å². The number of nitrogens with zero attached hydrogens (tertiary/aromatic N) is 5. The summed E-state index contributed by atoms with van der Waals surface area (Å²) in [6.45, 7) is 5.50. The Hall–Kier alpha value is -3.01. The Balaban J connectivity index is 1.83. The van der Waals surface area contributed by atoms with Gasteiger partial charge in [0.1, 0.15) is 12.1 Å². The maximum absolute atomic E-state index is 13.1. The Bertz CT molecular complexity index is 1160. The van der Waals surface area contributed by atoms with Crippen LogP contribution in [0.5, 0.6) is 0 Å². The fourth-order valence-electron chi connectivity index (χ4n) is 3.83. The topological polar surface area (TPSA) is 116 Å². The number of carbonyl (C=O) groups excluding carboxylic acids is 2. The number of hydrogen-bond donors (Lipinski definition) is 1. The molecule has 0 saturated carbocycles. The van der Waals surface area contributed by atoms with Gasteiger partial charge in [0.25, 0.3) is 5.91 Å². The molecule has 158 valence electrons. The number of fused-ring (bicyclic) bond motifs is 1. The molecule has 1 aliphatic rings. The molecule has 2 N–H and O–H groups in total. The third-order valence-corrected chi connectivity index (χ3v) is 6.29. The number of carbonyl (C=O) groups is 2. The predicted octanol–water partition coefficient (Wildman–Crippen LogP) is 1.70. The first-order valence-corrected chi connectivity index (χ1v) is 11.0. The molecule has 0 atom stereocenters. The predicted molar refractivity (Wildman–Crippen MR) is 114 cm³/mol. The number of likely N-dealkylation sites (tertiary alicyclic amines) is 1. The molecule has 9 nitrogen and oxygen atoms in total. The van der Waals surface area contributed by atoms with Crippen LogP contribution in [0.3, 0.4) is 0 Å². The lowest BCUT2D eigenvalue weighted by Gasteiger charge is -2.30. The van der Waals surface area contributed by atoms with Gasteiger partial charge in [-0.3, -0.25) is 18.7 Å². The first kappa shape index (κ1) is 20.3. The van der Waals surface area contributed by atoms with Crippen LogP contribution in [-0.2, 0) is 17.9 Å². The van der Waals surface area contributed by atoms with Gasteiger partial charge in [-0.15, -0.1) is 0 Å². The summed E-state index contributed by atoms with van der Waals surface area (Å²) in [5, 5.41) is 3.74. The Morgan fingerprint density at radius 2 is 1.97 bits per heavy atom. The summed E-state index contributed by atoms with van der Waals surface area (Å²) in [6, 6.07) is 1.84. The molecular weight excluding hydrogens is 404 g/mol. The molecule has 30 heavy (non-hydrogen) atoms. The first-order chi connectivity index (χ1) is 14.4. The van der Waals surface area contributed by atoms with Crippen LogP contribution < -0.4 is 11.4 Å². The van der Waals surface area contributed by atoms with Crippen molar-refractivity contribution >= 4 is 34.3 Å². The minimum Gasteiger partial charge on any atom is -0.364 e. The minimum atomic E-state index is -0.764. The van der Waals surface area contributed by atoms with E-state index in [0.717, 1.165) is 18.4 Å². The Morgan fingerprint density at radius 3 is 2.57 bits per heavy atom. The zero-order chi connectivity index (χ0) is 21.4. The van der Waals surface area contributed by atoms with Crippen molar-refractivity contribution in [2.45, 2.75) is 39.8 Å². The van der Waals surface area contributed by atoms with Crippen molar-refractivity contribution in [2.75, 3.05) is 13.1 Å². The lowest BCUT2D eigenvalue weighted by Crippen LogP contribution is -2.41. The van der Waals surface area contributed by atoms with E-state index >= 15 is 0 Å². The van der Waals surface area contributed by atoms with E-state index in [4.69, 9.17) is 5.73 Å². The van der Waals surface area contributed by atoms with Gasteiger partial charge in [-0.25, -0.2) is 14.8 Å². The molecule has 3 aromatic heterocycles. The number of aryl methyl sites for hydroxylation is 1. The highest BCUT2D eigenvalue weighted by Gasteiger charge is 2.26. The van der Waals surface area contributed by atoms with Crippen LogP contribution in [0, 0.1) is 5.92 Å². The normalized spacial score (nSPS) is 15.1. The zero-order valence-corrected chi connectivity index (χ0v) is 17.8. The molecule has 2 amide bonds. The maximum atomic E-state index is 13.1. The lowest BCUT2D eigenvalue weighted by molar-refractivity contribution is -0.133. The first-order valence-electron chi connectivity index (χ1n) is 10.0. The molecule has 1 aliphatic heterocycles. The summed E-state index contributed by atoms with van der Waals surface area (Å²) in [5.74, 6) is -0.00553. The molecule has 0 aliphatic carbocycles. The molecule has 4 heterocycles. The summed E-state index contributed by atoms with van der Waals surface area (Å²) in [5.41, 5.74) is 6.43. The average molecular weight is 429 g/mol. The smallest absolute Gasteiger partial charge is 0.330 e.